The van der Waals surface area contributed by atoms with Crippen LogP contribution in [0.15, 0.2) is 60.8 Å². The highest BCUT2D eigenvalue weighted by Gasteiger charge is 2.19. The maximum absolute atomic E-state index is 12.9. The Hall–Kier alpha value is -2.89. The third kappa shape index (κ3) is 65.9. The number of unbranched alkanes of at least 4 members (excludes halogenated alkanes) is 44. The van der Waals surface area contributed by atoms with Gasteiger partial charge in [0.1, 0.15) is 13.2 Å². The van der Waals surface area contributed by atoms with Crippen LogP contribution in [-0.4, -0.2) is 37.2 Å². The molecule has 0 rings (SSSR count). The third-order valence-electron chi connectivity index (χ3n) is 15.7. The Morgan fingerprint density at radius 3 is 0.725 bits per heavy atom. The highest BCUT2D eigenvalue weighted by Crippen LogP contribution is 2.18. The molecule has 6 heteroatoms. The molecule has 466 valence electrons. The monoisotopic (exact) mass is 1120 g/mol. The first kappa shape index (κ1) is 77.1. The molecule has 0 amide bonds. The van der Waals surface area contributed by atoms with Crippen LogP contribution in [-0.2, 0) is 28.6 Å². The number of hydrogen-bond acceptors (Lipinski definition) is 6. The van der Waals surface area contributed by atoms with E-state index in [0.717, 1.165) is 77.0 Å². The van der Waals surface area contributed by atoms with Crippen LogP contribution in [0.5, 0.6) is 0 Å². The Kier molecular flexibility index (Phi) is 66.1. The fourth-order valence-corrected chi connectivity index (χ4v) is 10.4. The molecule has 1 atom stereocenters. The molecule has 0 aromatic carbocycles. The van der Waals surface area contributed by atoms with Crippen LogP contribution in [0.25, 0.3) is 0 Å². The molecule has 0 aliphatic rings. The number of rotatable bonds is 65. The minimum Gasteiger partial charge on any atom is -0.462 e. The molecule has 1 unspecified atom stereocenters. The van der Waals surface area contributed by atoms with E-state index >= 15 is 0 Å². The molecule has 0 heterocycles. The highest BCUT2D eigenvalue weighted by atomic mass is 16.6. The lowest BCUT2D eigenvalue weighted by atomic mass is 10.0. The van der Waals surface area contributed by atoms with E-state index in [1.54, 1.807) is 0 Å². The second-order valence-corrected chi connectivity index (χ2v) is 23.8. The van der Waals surface area contributed by atoms with Crippen molar-refractivity contribution in [2.24, 2.45) is 0 Å². The minimum absolute atomic E-state index is 0.0709. The van der Waals surface area contributed by atoms with E-state index < -0.39 is 6.10 Å². The molecule has 80 heavy (non-hydrogen) atoms. The summed E-state index contributed by atoms with van der Waals surface area (Å²) in [6.45, 7) is 6.64. The van der Waals surface area contributed by atoms with Gasteiger partial charge in [0, 0.05) is 19.3 Å². The number of carbonyl (C=O) groups excluding carboxylic acids is 3. The van der Waals surface area contributed by atoms with Crippen molar-refractivity contribution in [2.45, 2.75) is 380 Å². The van der Waals surface area contributed by atoms with Crippen LogP contribution in [0.3, 0.4) is 0 Å². The van der Waals surface area contributed by atoms with E-state index in [1.807, 2.05) is 0 Å². The lowest BCUT2D eigenvalue weighted by molar-refractivity contribution is -0.167. The maximum Gasteiger partial charge on any atom is 0.306 e. The predicted octanol–water partition coefficient (Wildman–Crippen LogP) is 24.3. The Morgan fingerprint density at radius 1 is 0.250 bits per heavy atom. The Morgan fingerprint density at radius 2 is 0.450 bits per heavy atom. The minimum atomic E-state index is -0.773. The van der Waals surface area contributed by atoms with Crippen LogP contribution < -0.4 is 0 Å². The van der Waals surface area contributed by atoms with Gasteiger partial charge in [-0.1, -0.05) is 326 Å². The van der Waals surface area contributed by atoms with E-state index in [9.17, 15) is 14.4 Å². The normalized spacial score (nSPS) is 12.4. The van der Waals surface area contributed by atoms with E-state index in [0.29, 0.717) is 19.3 Å². The van der Waals surface area contributed by atoms with E-state index in [4.69, 9.17) is 14.2 Å². The van der Waals surface area contributed by atoms with Gasteiger partial charge in [0.15, 0.2) is 6.10 Å². The summed E-state index contributed by atoms with van der Waals surface area (Å²) in [4.78, 5) is 38.3. The lowest BCUT2D eigenvalue weighted by Gasteiger charge is -2.18. The zero-order chi connectivity index (χ0) is 57.8. The second-order valence-electron chi connectivity index (χ2n) is 23.8. The van der Waals surface area contributed by atoms with Crippen molar-refractivity contribution in [3.05, 3.63) is 60.8 Å². The zero-order valence-electron chi connectivity index (χ0n) is 53.6. The van der Waals surface area contributed by atoms with Crippen LogP contribution in [0.2, 0.25) is 0 Å². The van der Waals surface area contributed by atoms with Gasteiger partial charge < -0.3 is 14.2 Å². The standard InChI is InChI=1S/C74H134O6/c1-4-7-10-13-16-19-22-24-26-28-30-31-32-33-34-35-36-37-38-39-40-41-42-43-45-46-48-50-52-55-58-61-64-67-73(76)79-70-71(69-78-72(75)66-63-60-57-54-21-18-15-12-9-6-3)80-74(77)68-65-62-59-56-53-51-49-47-44-29-27-25-23-20-17-14-11-8-5-2/h17,20,22,24-25,27-28,30,32-33,71H,4-16,18-19,21,23,26,29,31,34-70H2,1-3H3/b20-17-,24-22-,27-25-,30-28-,33-32-. The number of carbonyl (C=O) groups is 3. The molecule has 0 spiro atoms. The van der Waals surface area contributed by atoms with Gasteiger partial charge in [0.2, 0.25) is 0 Å². The molecular formula is C74H134O6. The van der Waals surface area contributed by atoms with Gasteiger partial charge in [-0.2, -0.15) is 0 Å². The van der Waals surface area contributed by atoms with Crippen molar-refractivity contribution in [1.29, 1.82) is 0 Å². The number of ether oxygens (including phenoxy) is 3. The Labute approximate surface area is 498 Å². The molecule has 0 aromatic rings. The summed E-state index contributed by atoms with van der Waals surface area (Å²) in [6.07, 6.45) is 88.3. The van der Waals surface area contributed by atoms with Crippen molar-refractivity contribution >= 4 is 17.9 Å². The predicted molar refractivity (Wildman–Crippen MR) is 348 cm³/mol. The van der Waals surface area contributed by atoms with Crippen LogP contribution in [0, 0.1) is 0 Å². The summed E-state index contributed by atoms with van der Waals surface area (Å²) in [5.74, 6) is -0.855. The lowest BCUT2D eigenvalue weighted by Crippen LogP contribution is -2.30. The quantitative estimate of drug-likeness (QED) is 0.0261. The van der Waals surface area contributed by atoms with Crippen molar-refractivity contribution in [3.8, 4) is 0 Å². The van der Waals surface area contributed by atoms with Gasteiger partial charge in [-0.3, -0.25) is 14.4 Å². The van der Waals surface area contributed by atoms with Crippen molar-refractivity contribution < 1.29 is 28.6 Å². The smallest absolute Gasteiger partial charge is 0.306 e. The average molecular weight is 1120 g/mol. The van der Waals surface area contributed by atoms with Crippen molar-refractivity contribution in [1.82, 2.24) is 0 Å². The van der Waals surface area contributed by atoms with Crippen LogP contribution in [0.1, 0.15) is 374 Å². The molecule has 0 radical (unpaired) electrons. The zero-order valence-corrected chi connectivity index (χ0v) is 53.6. The van der Waals surface area contributed by atoms with E-state index in [2.05, 4.69) is 81.5 Å². The third-order valence-corrected chi connectivity index (χ3v) is 15.7. The number of hydrogen-bond donors (Lipinski definition) is 0. The second kappa shape index (κ2) is 68.6. The maximum atomic E-state index is 12.9. The first-order valence-electron chi connectivity index (χ1n) is 35.3. The molecule has 0 aliphatic carbocycles. The van der Waals surface area contributed by atoms with Crippen LogP contribution >= 0.6 is 0 Å². The summed E-state index contributed by atoms with van der Waals surface area (Å²) >= 11 is 0. The van der Waals surface area contributed by atoms with Gasteiger partial charge in [-0.05, 0) is 89.9 Å². The van der Waals surface area contributed by atoms with Gasteiger partial charge in [-0.15, -0.1) is 0 Å². The molecular weight excluding hydrogens is 985 g/mol. The van der Waals surface area contributed by atoms with Gasteiger partial charge in [-0.25, -0.2) is 0 Å². The summed E-state index contributed by atoms with van der Waals surface area (Å²) in [5, 5.41) is 0. The fourth-order valence-electron chi connectivity index (χ4n) is 10.4. The van der Waals surface area contributed by atoms with Crippen molar-refractivity contribution in [3.63, 3.8) is 0 Å². The molecule has 0 aliphatic heterocycles. The topological polar surface area (TPSA) is 78.9 Å². The summed E-state index contributed by atoms with van der Waals surface area (Å²) < 4.78 is 16.9. The van der Waals surface area contributed by atoms with Crippen LogP contribution in [0.4, 0.5) is 0 Å². The molecule has 0 N–H and O–H groups in total. The van der Waals surface area contributed by atoms with Gasteiger partial charge in [0.05, 0.1) is 0 Å². The molecule has 0 saturated heterocycles. The summed E-state index contributed by atoms with van der Waals surface area (Å²) in [5.41, 5.74) is 0. The van der Waals surface area contributed by atoms with Gasteiger partial charge >= 0.3 is 17.9 Å². The summed E-state index contributed by atoms with van der Waals surface area (Å²) in [7, 11) is 0. The number of allylic oxidation sites excluding steroid dienone is 10. The van der Waals surface area contributed by atoms with Gasteiger partial charge in [0.25, 0.3) is 0 Å². The SMILES string of the molecule is CCCCC/C=C\C/C=C\CCCCCCCCCCCC(=O)OC(COC(=O)CCCCCCCCCCCC)COC(=O)CCCCCCCCCCCCCCCCCCCC/C=C\C/C=C\C/C=C\CCCCCCC. The summed E-state index contributed by atoms with van der Waals surface area (Å²) in [6, 6.07) is 0. The van der Waals surface area contributed by atoms with E-state index in [1.165, 1.54) is 257 Å². The first-order chi connectivity index (χ1) is 39.5. The van der Waals surface area contributed by atoms with E-state index in [-0.39, 0.29) is 31.1 Å². The molecule has 0 fully saturated rings. The largest absolute Gasteiger partial charge is 0.462 e. The fraction of sp³-hybridized carbons (Fsp3) is 0.824. The first-order valence-corrected chi connectivity index (χ1v) is 35.3. The Bertz CT molecular complexity index is 1430. The molecule has 0 bridgehead atoms. The van der Waals surface area contributed by atoms with Crippen molar-refractivity contribution in [2.75, 3.05) is 13.2 Å². The molecule has 0 saturated carbocycles. The Balaban J connectivity index is 4.09. The average Bonchev–Trinajstić information content (AvgIpc) is 3.46. The molecule has 6 nitrogen and oxygen atoms in total. The highest BCUT2D eigenvalue weighted by molar-refractivity contribution is 5.71. The molecule has 0 aromatic heterocycles. The number of esters is 3.